The van der Waals surface area contributed by atoms with Crippen LogP contribution in [0.5, 0.6) is 0 Å². The standard InChI is InChI=1S/C14H13ClFN3OS/c1-8(12-4-3-10(16)5-13(12)15)18-19-14(20)6-11-7-21-9(2)17-11/h3-5,7H,6H2,1-2H3,(H,19,20)/b18-8-. The van der Waals surface area contributed by atoms with Gasteiger partial charge < -0.3 is 0 Å². The topological polar surface area (TPSA) is 54.4 Å². The molecule has 0 radical (unpaired) electrons. The molecule has 21 heavy (non-hydrogen) atoms. The van der Waals surface area contributed by atoms with E-state index in [1.807, 2.05) is 12.3 Å². The van der Waals surface area contributed by atoms with Crippen LogP contribution in [0.3, 0.4) is 0 Å². The van der Waals surface area contributed by atoms with Gasteiger partial charge in [-0.1, -0.05) is 11.6 Å². The minimum atomic E-state index is -0.417. The number of aromatic nitrogens is 1. The summed E-state index contributed by atoms with van der Waals surface area (Å²) in [5.41, 5.74) is 4.23. The van der Waals surface area contributed by atoms with Gasteiger partial charge in [-0.3, -0.25) is 4.79 Å². The number of benzene rings is 1. The van der Waals surface area contributed by atoms with Gasteiger partial charge in [0, 0.05) is 10.9 Å². The predicted octanol–water partition coefficient (Wildman–Crippen LogP) is 3.33. The van der Waals surface area contributed by atoms with Crippen LogP contribution in [0.4, 0.5) is 4.39 Å². The summed E-state index contributed by atoms with van der Waals surface area (Å²) in [6.07, 6.45) is 0.165. The number of carbonyl (C=O) groups is 1. The predicted molar refractivity (Wildman–Crippen MR) is 82.3 cm³/mol. The second-order valence-electron chi connectivity index (χ2n) is 4.39. The van der Waals surface area contributed by atoms with Crippen LogP contribution in [0, 0.1) is 12.7 Å². The van der Waals surface area contributed by atoms with E-state index < -0.39 is 5.82 Å². The minimum Gasteiger partial charge on any atom is -0.273 e. The molecule has 1 aromatic carbocycles. The summed E-state index contributed by atoms with van der Waals surface area (Å²) in [7, 11) is 0. The molecule has 7 heteroatoms. The molecule has 0 saturated heterocycles. The molecule has 0 aliphatic rings. The number of nitrogens with one attached hydrogen (secondary N) is 1. The van der Waals surface area contributed by atoms with Crippen LogP contribution in [0.1, 0.15) is 23.2 Å². The molecule has 0 unspecified atom stereocenters. The molecule has 0 aliphatic carbocycles. The number of halogens is 2. The highest BCUT2D eigenvalue weighted by molar-refractivity contribution is 7.09. The summed E-state index contributed by atoms with van der Waals surface area (Å²) >= 11 is 7.42. The Kier molecular flexibility index (Phi) is 5.03. The molecule has 2 aromatic rings. The molecule has 110 valence electrons. The lowest BCUT2D eigenvalue weighted by Crippen LogP contribution is -2.21. The molecular formula is C14H13ClFN3OS. The first-order valence-corrected chi connectivity index (χ1v) is 7.41. The van der Waals surface area contributed by atoms with Crippen LogP contribution in [-0.2, 0) is 11.2 Å². The largest absolute Gasteiger partial charge is 0.273 e. The van der Waals surface area contributed by atoms with Gasteiger partial charge in [0.15, 0.2) is 0 Å². The van der Waals surface area contributed by atoms with Crippen molar-refractivity contribution in [1.29, 1.82) is 0 Å². The summed E-state index contributed by atoms with van der Waals surface area (Å²) in [6.45, 7) is 3.57. The van der Waals surface area contributed by atoms with E-state index in [9.17, 15) is 9.18 Å². The van der Waals surface area contributed by atoms with E-state index in [1.165, 1.54) is 29.5 Å². The molecule has 1 N–H and O–H groups in total. The lowest BCUT2D eigenvalue weighted by Gasteiger charge is -2.04. The third kappa shape index (κ3) is 4.34. The van der Waals surface area contributed by atoms with Crippen molar-refractivity contribution < 1.29 is 9.18 Å². The van der Waals surface area contributed by atoms with E-state index in [1.54, 1.807) is 6.92 Å². The Balaban J connectivity index is 2.01. The van der Waals surface area contributed by atoms with Crippen molar-refractivity contribution in [3.63, 3.8) is 0 Å². The van der Waals surface area contributed by atoms with E-state index in [0.29, 0.717) is 17.0 Å². The first kappa shape index (κ1) is 15.6. The Labute approximate surface area is 130 Å². The normalized spacial score (nSPS) is 11.5. The second kappa shape index (κ2) is 6.78. The maximum atomic E-state index is 13.0. The van der Waals surface area contributed by atoms with Crippen LogP contribution < -0.4 is 5.43 Å². The highest BCUT2D eigenvalue weighted by atomic mass is 35.5. The summed E-state index contributed by atoms with van der Waals surface area (Å²) in [5, 5.41) is 6.97. The van der Waals surface area contributed by atoms with Gasteiger partial charge in [0.2, 0.25) is 5.91 Å². The van der Waals surface area contributed by atoms with Crippen LogP contribution in [0.15, 0.2) is 28.7 Å². The molecule has 0 atom stereocenters. The molecule has 0 aliphatic heterocycles. The molecule has 4 nitrogen and oxygen atoms in total. The Morgan fingerprint density at radius 2 is 2.29 bits per heavy atom. The summed E-state index contributed by atoms with van der Waals surface area (Å²) in [5.74, 6) is -0.683. The first-order valence-electron chi connectivity index (χ1n) is 6.15. The van der Waals surface area contributed by atoms with Crippen molar-refractivity contribution in [2.45, 2.75) is 20.3 Å². The van der Waals surface area contributed by atoms with Crippen LogP contribution >= 0.6 is 22.9 Å². The van der Waals surface area contributed by atoms with Gasteiger partial charge in [-0.15, -0.1) is 11.3 Å². The van der Waals surface area contributed by atoms with E-state index in [-0.39, 0.29) is 17.4 Å². The third-order valence-corrected chi connectivity index (χ3v) is 3.81. The highest BCUT2D eigenvalue weighted by Gasteiger charge is 2.08. The quantitative estimate of drug-likeness (QED) is 0.692. The summed E-state index contributed by atoms with van der Waals surface area (Å²) in [4.78, 5) is 16.0. The Bertz CT molecular complexity index is 699. The second-order valence-corrected chi connectivity index (χ2v) is 5.86. The van der Waals surface area contributed by atoms with Gasteiger partial charge in [-0.05, 0) is 32.0 Å². The maximum absolute atomic E-state index is 13.0. The number of amides is 1. The van der Waals surface area contributed by atoms with Gasteiger partial charge in [0.1, 0.15) is 5.82 Å². The van der Waals surface area contributed by atoms with Crippen molar-refractivity contribution in [1.82, 2.24) is 10.4 Å². The highest BCUT2D eigenvalue weighted by Crippen LogP contribution is 2.17. The van der Waals surface area contributed by atoms with Crippen LogP contribution in [0.25, 0.3) is 0 Å². The first-order chi connectivity index (χ1) is 9.95. The number of nitrogens with zero attached hydrogens (tertiary/aromatic N) is 2. The van der Waals surface area contributed by atoms with Crippen molar-refractivity contribution in [2.24, 2.45) is 5.10 Å². The Morgan fingerprint density at radius 1 is 1.52 bits per heavy atom. The number of hydrogen-bond acceptors (Lipinski definition) is 4. The van der Waals surface area contributed by atoms with Gasteiger partial charge in [0.05, 0.1) is 27.9 Å². The van der Waals surface area contributed by atoms with E-state index in [0.717, 1.165) is 5.01 Å². The van der Waals surface area contributed by atoms with Crippen molar-refractivity contribution in [3.05, 3.63) is 50.7 Å². The van der Waals surface area contributed by atoms with Gasteiger partial charge in [0.25, 0.3) is 0 Å². The molecule has 0 saturated carbocycles. The number of aryl methyl sites for hydroxylation is 1. The lowest BCUT2D eigenvalue weighted by molar-refractivity contribution is -0.120. The zero-order valence-electron chi connectivity index (χ0n) is 11.5. The number of hydrazone groups is 1. The van der Waals surface area contributed by atoms with E-state index in [2.05, 4.69) is 15.5 Å². The monoisotopic (exact) mass is 325 g/mol. The molecule has 0 bridgehead atoms. The van der Waals surface area contributed by atoms with E-state index >= 15 is 0 Å². The van der Waals surface area contributed by atoms with E-state index in [4.69, 9.17) is 11.6 Å². The Hall–Kier alpha value is -1.79. The smallest absolute Gasteiger partial charge is 0.246 e. The van der Waals surface area contributed by atoms with Crippen molar-refractivity contribution >= 4 is 34.6 Å². The van der Waals surface area contributed by atoms with Crippen molar-refractivity contribution in [2.75, 3.05) is 0 Å². The lowest BCUT2D eigenvalue weighted by atomic mass is 10.1. The average molecular weight is 326 g/mol. The van der Waals surface area contributed by atoms with Gasteiger partial charge in [-0.2, -0.15) is 5.10 Å². The van der Waals surface area contributed by atoms with Crippen molar-refractivity contribution in [3.8, 4) is 0 Å². The molecule has 2 rings (SSSR count). The number of hydrogen-bond donors (Lipinski definition) is 1. The minimum absolute atomic E-state index is 0.165. The zero-order valence-corrected chi connectivity index (χ0v) is 13.1. The van der Waals surface area contributed by atoms with Crippen LogP contribution in [-0.4, -0.2) is 16.6 Å². The fourth-order valence-corrected chi connectivity index (χ4v) is 2.60. The van der Waals surface area contributed by atoms with Gasteiger partial charge >= 0.3 is 0 Å². The number of thiazole rings is 1. The third-order valence-electron chi connectivity index (χ3n) is 2.68. The van der Waals surface area contributed by atoms with Gasteiger partial charge in [-0.25, -0.2) is 14.8 Å². The fraction of sp³-hybridized carbons (Fsp3) is 0.214. The molecular weight excluding hydrogens is 313 g/mol. The SMILES string of the molecule is C/C(=N/NC(=O)Cc1csc(C)n1)c1ccc(F)cc1Cl. The van der Waals surface area contributed by atoms with Crippen LogP contribution in [0.2, 0.25) is 5.02 Å². The average Bonchev–Trinajstić information content (AvgIpc) is 2.81. The molecule has 1 heterocycles. The fourth-order valence-electron chi connectivity index (χ4n) is 1.68. The zero-order chi connectivity index (χ0) is 15.4. The number of carbonyl (C=O) groups excluding carboxylic acids is 1. The number of rotatable bonds is 4. The summed E-state index contributed by atoms with van der Waals surface area (Å²) < 4.78 is 13.0. The molecule has 0 fully saturated rings. The summed E-state index contributed by atoms with van der Waals surface area (Å²) in [6, 6.07) is 4.02. The molecule has 1 aromatic heterocycles. The Morgan fingerprint density at radius 3 is 2.90 bits per heavy atom. The molecule has 0 spiro atoms. The molecule has 1 amide bonds. The maximum Gasteiger partial charge on any atom is 0.246 e.